The lowest BCUT2D eigenvalue weighted by molar-refractivity contribution is 0.101. The molecule has 3 aromatic rings. The molecular formula is C26H25NO3S2. The molecule has 3 aromatic carbocycles. The van der Waals surface area contributed by atoms with Crippen LogP contribution in [0.5, 0.6) is 0 Å². The summed E-state index contributed by atoms with van der Waals surface area (Å²) in [5, 5.41) is 0. The highest BCUT2D eigenvalue weighted by molar-refractivity contribution is 8.01. The molecule has 0 spiro atoms. The van der Waals surface area contributed by atoms with E-state index < -0.39 is 14.8 Å². The molecule has 3 rings (SSSR count). The van der Waals surface area contributed by atoms with Gasteiger partial charge in [-0.05, 0) is 50.1 Å². The highest BCUT2D eigenvalue weighted by Crippen LogP contribution is 2.43. The van der Waals surface area contributed by atoms with Gasteiger partial charge in [-0.15, -0.1) is 18.3 Å². The van der Waals surface area contributed by atoms with E-state index in [2.05, 4.69) is 11.0 Å². The second-order valence-corrected chi connectivity index (χ2v) is 10.5. The third-order valence-corrected chi connectivity index (χ3v) is 7.62. The molecule has 0 aliphatic carbocycles. The van der Waals surface area contributed by atoms with Gasteiger partial charge in [0.2, 0.25) is 0 Å². The molecule has 0 bridgehead atoms. The van der Waals surface area contributed by atoms with Crippen LogP contribution < -0.4 is 0 Å². The Labute approximate surface area is 194 Å². The van der Waals surface area contributed by atoms with Crippen LogP contribution in [0.25, 0.3) is 0 Å². The number of ketones is 1. The summed E-state index contributed by atoms with van der Waals surface area (Å²) in [6.07, 6.45) is 3.68. The summed E-state index contributed by atoms with van der Waals surface area (Å²) in [6, 6.07) is 23.5. The number of benzene rings is 3. The summed E-state index contributed by atoms with van der Waals surface area (Å²) >= 11 is 1.50. The number of carbonyl (C=O) groups is 1. The first-order valence-corrected chi connectivity index (χ1v) is 12.4. The Morgan fingerprint density at radius 2 is 1.62 bits per heavy atom. The summed E-state index contributed by atoms with van der Waals surface area (Å²) in [6.45, 7) is 7.31. The lowest BCUT2D eigenvalue weighted by Gasteiger charge is -2.29. The number of rotatable bonds is 9. The zero-order valence-corrected chi connectivity index (χ0v) is 19.7. The van der Waals surface area contributed by atoms with E-state index in [-0.39, 0.29) is 10.7 Å². The SMILES string of the molecule is C=CCC(/C=N/S(=O)(=O)c1ccc(C)cc1)(Sc1ccccc1)c1ccc(C(C)=O)cc1. The van der Waals surface area contributed by atoms with Crippen LogP contribution in [0.4, 0.5) is 0 Å². The molecule has 0 amide bonds. The van der Waals surface area contributed by atoms with Gasteiger partial charge in [0.15, 0.2) is 5.78 Å². The van der Waals surface area contributed by atoms with E-state index in [0.29, 0.717) is 12.0 Å². The molecule has 0 radical (unpaired) electrons. The lowest BCUT2D eigenvalue weighted by atomic mass is 9.94. The van der Waals surface area contributed by atoms with Crippen molar-refractivity contribution in [3.8, 4) is 0 Å². The Balaban J connectivity index is 2.11. The topological polar surface area (TPSA) is 63.6 Å². The first kappa shape index (κ1) is 23.7. The average molecular weight is 464 g/mol. The molecule has 1 atom stereocenters. The van der Waals surface area contributed by atoms with Gasteiger partial charge in [-0.3, -0.25) is 4.79 Å². The number of aryl methyl sites for hydroxylation is 1. The number of carbonyl (C=O) groups excluding carboxylic acids is 1. The second kappa shape index (κ2) is 10.1. The van der Waals surface area contributed by atoms with Gasteiger partial charge in [0.05, 0.1) is 9.64 Å². The van der Waals surface area contributed by atoms with Crippen LogP contribution in [0, 0.1) is 6.92 Å². The van der Waals surface area contributed by atoms with Gasteiger partial charge in [-0.1, -0.05) is 66.2 Å². The van der Waals surface area contributed by atoms with Crippen LogP contribution in [0.15, 0.2) is 106 Å². The molecule has 0 saturated heterocycles. The predicted molar refractivity (Wildman–Crippen MR) is 132 cm³/mol. The molecule has 164 valence electrons. The summed E-state index contributed by atoms with van der Waals surface area (Å²) in [4.78, 5) is 12.8. The number of hydrogen-bond acceptors (Lipinski definition) is 4. The van der Waals surface area contributed by atoms with Gasteiger partial charge in [0.25, 0.3) is 10.0 Å². The van der Waals surface area contributed by atoms with Gasteiger partial charge in [-0.25, -0.2) is 0 Å². The van der Waals surface area contributed by atoms with Crippen LogP contribution in [0.2, 0.25) is 0 Å². The van der Waals surface area contributed by atoms with Crippen molar-refractivity contribution in [1.82, 2.24) is 0 Å². The molecule has 0 fully saturated rings. The minimum absolute atomic E-state index is 0.0304. The van der Waals surface area contributed by atoms with E-state index in [1.165, 1.54) is 24.9 Å². The molecular weight excluding hydrogens is 438 g/mol. The van der Waals surface area contributed by atoms with Crippen LogP contribution in [-0.4, -0.2) is 20.4 Å². The molecule has 0 aromatic heterocycles. The third kappa shape index (κ3) is 5.64. The van der Waals surface area contributed by atoms with Crippen LogP contribution >= 0.6 is 11.8 Å². The van der Waals surface area contributed by atoms with Crippen molar-refractivity contribution in [2.45, 2.75) is 34.8 Å². The molecule has 0 saturated carbocycles. The molecule has 0 aliphatic heterocycles. The van der Waals surface area contributed by atoms with Gasteiger partial charge < -0.3 is 0 Å². The summed E-state index contributed by atoms with van der Waals surface area (Å²) < 4.78 is 29.2. The number of thioether (sulfide) groups is 1. The second-order valence-electron chi connectivity index (χ2n) is 7.45. The Morgan fingerprint density at radius 3 is 2.19 bits per heavy atom. The first-order chi connectivity index (χ1) is 15.3. The van der Waals surface area contributed by atoms with Crippen molar-refractivity contribution in [3.05, 3.63) is 108 Å². The monoisotopic (exact) mass is 463 g/mol. The van der Waals surface area contributed by atoms with Gasteiger partial charge in [-0.2, -0.15) is 12.8 Å². The van der Waals surface area contributed by atoms with E-state index >= 15 is 0 Å². The molecule has 0 N–H and O–H groups in total. The largest absolute Gasteiger partial charge is 0.295 e. The van der Waals surface area contributed by atoms with Gasteiger partial charge >= 0.3 is 0 Å². The van der Waals surface area contributed by atoms with E-state index in [9.17, 15) is 13.2 Å². The number of allylic oxidation sites excluding steroid dienone is 1. The maximum atomic E-state index is 12.9. The fourth-order valence-corrected chi connectivity index (χ4v) is 5.46. The maximum Gasteiger partial charge on any atom is 0.282 e. The van der Waals surface area contributed by atoms with Crippen LogP contribution in [0.1, 0.15) is 34.8 Å². The minimum atomic E-state index is -3.88. The highest BCUT2D eigenvalue weighted by atomic mass is 32.2. The molecule has 0 heterocycles. The van der Waals surface area contributed by atoms with E-state index in [1.54, 1.807) is 42.5 Å². The quantitative estimate of drug-likeness (QED) is 0.164. The first-order valence-electron chi connectivity index (χ1n) is 10.1. The molecule has 0 aliphatic rings. The average Bonchev–Trinajstić information content (AvgIpc) is 2.79. The van der Waals surface area contributed by atoms with Gasteiger partial charge in [0, 0.05) is 16.7 Å². The molecule has 6 heteroatoms. The maximum absolute atomic E-state index is 12.9. The molecule has 32 heavy (non-hydrogen) atoms. The highest BCUT2D eigenvalue weighted by Gasteiger charge is 2.32. The van der Waals surface area contributed by atoms with Gasteiger partial charge in [0.1, 0.15) is 0 Å². The standard InChI is InChI=1S/C26H25NO3S2/c1-4-18-26(31-24-8-6-5-7-9-24,23-14-12-22(13-15-23)21(3)28)19-27-32(29,30)25-16-10-20(2)11-17-25/h4-17,19H,1,18H2,2-3H3/b27-19+. The van der Waals surface area contributed by atoms with Crippen molar-refractivity contribution in [3.63, 3.8) is 0 Å². The van der Waals surface area contributed by atoms with Crippen molar-refractivity contribution in [1.29, 1.82) is 0 Å². The Bertz CT molecular complexity index is 1220. The normalized spacial score (nSPS) is 13.6. The summed E-state index contributed by atoms with van der Waals surface area (Å²) in [7, 11) is -3.88. The van der Waals surface area contributed by atoms with Crippen molar-refractivity contribution < 1.29 is 13.2 Å². The van der Waals surface area contributed by atoms with Crippen LogP contribution in [-0.2, 0) is 14.8 Å². The predicted octanol–water partition coefficient (Wildman–Crippen LogP) is 6.22. The smallest absolute Gasteiger partial charge is 0.282 e. The number of hydrogen-bond donors (Lipinski definition) is 0. The zero-order valence-electron chi connectivity index (χ0n) is 18.1. The zero-order chi connectivity index (χ0) is 23.2. The van der Waals surface area contributed by atoms with Crippen LogP contribution in [0.3, 0.4) is 0 Å². The molecule has 1 unspecified atom stereocenters. The van der Waals surface area contributed by atoms with E-state index in [0.717, 1.165) is 16.0 Å². The van der Waals surface area contributed by atoms with Crippen molar-refractivity contribution >= 4 is 33.8 Å². The number of sulfonamides is 1. The number of nitrogens with zero attached hydrogens (tertiary/aromatic N) is 1. The summed E-state index contributed by atoms with van der Waals surface area (Å²) in [5.41, 5.74) is 2.40. The Kier molecular flexibility index (Phi) is 7.48. The minimum Gasteiger partial charge on any atom is -0.295 e. The Hall–Kier alpha value is -2.96. The lowest BCUT2D eigenvalue weighted by Crippen LogP contribution is -2.24. The third-order valence-electron chi connectivity index (χ3n) is 4.99. The summed E-state index contributed by atoms with van der Waals surface area (Å²) in [5.74, 6) is -0.0304. The fraction of sp³-hybridized carbons (Fsp3) is 0.154. The Morgan fingerprint density at radius 1 is 1.00 bits per heavy atom. The van der Waals surface area contributed by atoms with Crippen molar-refractivity contribution in [2.75, 3.05) is 0 Å². The molecule has 4 nitrogen and oxygen atoms in total. The number of Topliss-reactive ketones (excluding diaryl/α,β-unsaturated/α-hetero) is 1. The fourth-order valence-electron chi connectivity index (χ4n) is 3.20. The van der Waals surface area contributed by atoms with E-state index in [1.807, 2.05) is 49.4 Å². The van der Waals surface area contributed by atoms with E-state index in [4.69, 9.17) is 0 Å². The van der Waals surface area contributed by atoms with Crippen molar-refractivity contribution in [2.24, 2.45) is 4.40 Å².